The summed E-state index contributed by atoms with van der Waals surface area (Å²) in [6, 6.07) is 13.4. The van der Waals surface area contributed by atoms with E-state index in [4.69, 9.17) is 0 Å². The highest BCUT2D eigenvalue weighted by Crippen LogP contribution is 2.16. The summed E-state index contributed by atoms with van der Waals surface area (Å²) in [7, 11) is 0. The monoisotopic (exact) mass is 283 g/mol. The number of rotatable bonds is 3. The summed E-state index contributed by atoms with van der Waals surface area (Å²) < 4.78 is 1.73. The lowest BCUT2D eigenvalue weighted by molar-refractivity contribution is 0.103. The van der Waals surface area contributed by atoms with Gasteiger partial charge in [-0.3, -0.25) is 4.79 Å². The molecule has 100 valence electrons. The first-order valence-corrected chi connectivity index (χ1v) is 7.08. The molecule has 0 fully saturated rings. The van der Waals surface area contributed by atoms with Crippen LogP contribution in [0, 0.1) is 6.92 Å². The molecule has 5 heteroatoms. The highest BCUT2D eigenvalue weighted by Gasteiger charge is 2.10. The molecule has 0 unspecified atom stereocenters. The Morgan fingerprint density at radius 3 is 2.75 bits per heavy atom. The number of hydrogen-bond donors (Lipinski definition) is 1. The maximum absolute atomic E-state index is 12.0. The van der Waals surface area contributed by atoms with E-state index >= 15 is 0 Å². The zero-order valence-corrected chi connectivity index (χ0v) is 11.7. The van der Waals surface area contributed by atoms with Gasteiger partial charge in [0.2, 0.25) is 0 Å². The lowest BCUT2D eigenvalue weighted by Gasteiger charge is -2.01. The van der Waals surface area contributed by atoms with Gasteiger partial charge < -0.3 is 5.32 Å². The largest absolute Gasteiger partial charge is 0.304 e. The smallest absolute Gasteiger partial charge is 0.266 e. The minimum Gasteiger partial charge on any atom is -0.304 e. The van der Waals surface area contributed by atoms with E-state index in [1.165, 1.54) is 11.3 Å². The number of aryl methyl sites for hydroxylation is 1. The summed E-state index contributed by atoms with van der Waals surface area (Å²) in [5.74, 6) is 0.423. The fraction of sp³-hybridized carbons (Fsp3) is 0.0667. The summed E-state index contributed by atoms with van der Waals surface area (Å²) in [4.78, 5) is 12.7. The van der Waals surface area contributed by atoms with Gasteiger partial charge in [-0.2, -0.15) is 5.10 Å². The normalized spacial score (nSPS) is 10.4. The molecule has 0 spiro atoms. The highest BCUT2D eigenvalue weighted by molar-refractivity contribution is 7.12. The average molecular weight is 283 g/mol. The van der Waals surface area contributed by atoms with Crippen LogP contribution in [0.5, 0.6) is 0 Å². The number of nitrogens with zero attached hydrogens (tertiary/aromatic N) is 2. The second kappa shape index (κ2) is 5.30. The van der Waals surface area contributed by atoms with Crippen LogP contribution in [-0.4, -0.2) is 15.7 Å². The van der Waals surface area contributed by atoms with Crippen LogP contribution < -0.4 is 5.32 Å². The van der Waals surface area contributed by atoms with Gasteiger partial charge in [0.05, 0.1) is 10.6 Å². The molecule has 3 rings (SSSR count). The molecule has 0 aliphatic carbocycles. The third kappa shape index (κ3) is 2.62. The number of thiophene rings is 1. The first kappa shape index (κ1) is 12.6. The van der Waals surface area contributed by atoms with E-state index in [-0.39, 0.29) is 5.91 Å². The van der Waals surface area contributed by atoms with E-state index in [1.807, 2.05) is 54.9 Å². The zero-order chi connectivity index (χ0) is 13.9. The number of carbonyl (C=O) groups excluding carboxylic acids is 1. The molecule has 0 radical (unpaired) electrons. The van der Waals surface area contributed by atoms with Crippen molar-refractivity contribution in [2.75, 3.05) is 5.32 Å². The standard InChI is InChI=1S/C15H13N3OS/c1-11-9-13(20-10-11)15(19)16-14-7-8-18(17-14)12-5-3-2-4-6-12/h2-10H,1H3,(H,16,17,19). The maximum Gasteiger partial charge on any atom is 0.266 e. The van der Waals surface area contributed by atoms with Crippen molar-refractivity contribution < 1.29 is 4.79 Å². The van der Waals surface area contributed by atoms with Gasteiger partial charge >= 0.3 is 0 Å². The first-order valence-electron chi connectivity index (χ1n) is 6.20. The van der Waals surface area contributed by atoms with Crippen LogP contribution in [0.2, 0.25) is 0 Å². The zero-order valence-electron chi connectivity index (χ0n) is 10.9. The van der Waals surface area contributed by atoms with Gasteiger partial charge in [-0.05, 0) is 36.1 Å². The Labute approximate surface area is 120 Å². The van der Waals surface area contributed by atoms with Gasteiger partial charge in [0.1, 0.15) is 0 Å². The van der Waals surface area contributed by atoms with Gasteiger partial charge in [-0.1, -0.05) is 18.2 Å². The molecule has 20 heavy (non-hydrogen) atoms. The summed E-state index contributed by atoms with van der Waals surface area (Å²) in [5.41, 5.74) is 2.05. The van der Waals surface area contributed by atoms with Crippen molar-refractivity contribution in [2.45, 2.75) is 6.92 Å². The summed E-state index contributed by atoms with van der Waals surface area (Å²) in [6.45, 7) is 1.97. The topological polar surface area (TPSA) is 46.9 Å². The molecule has 0 saturated heterocycles. The van der Waals surface area contributed by atoms with Crippen LogP contribution in [0.25, 0.3) is 5.69 Å². The number of anilines is 1. The molecule has 2 heterocycles. The van der Waals surface area contributed by atoms with Crippen LogP contribution in [0.15, 0.2) is 54.0 Å². The highest BCUT2D eigenvalue weighted by atomic mass is 32.1. The lowest BCUT2D eigenvalue weighted by atomic mass is 10.3. The number of benzene rings is 1. The van der Waals surface area contributed by atoms with E-state index in [2.05, 4.69) is 10.4 Å². The van der Waals surface area contributed by atoms with Crippen molar-refractivity contribution in [3.8, 4) is 5.69 Å². The molecule has 0 aliphatic heterocycles. The van der Waals surface area contributed by atoms with Gasteiger partial charge in [-0.15, -0.1) is 11.3 Å². The van der Waals surface area contributed by atoms with Crippen LogP contribution in [0.1, 0.15) is 15.2 Å². The fourth-order valence-electron chi connectivity index (χ4n) is 1.84. The summed E-state index contributed by atoms with van der Waals surface area (Å²) in [5, 5.41) is 9.10. The minimum atomic E-state index is -0.124. The maximum atomic E-state index is 12.0. The van der Waals surface area contributed by atoms with Gasteiger partial charge in [0.15, 0.2) is 5.82 Å². The summed E-state index contributed by atoms with van der Waals surface area (Å²) in [6.07, 6.45) is 1.82. The Hall–Kier alpha value is -2.40. The van der Waals surface area contributed by atoms with Crippen LogP contribution in [0.3, 0.4) is 0 Å². The van der Waals surface area contributed by atoms with E-state index in [1.54, 1.807) is 10.7 Å². The van der Waals surface area contributed by atoms with Crippen molar-refractivity contribution in [3.63, 3.8) is 0 Å². The molecular weight excluding hydrogens is 270 g/mol. The molecule has 4 nitrogen and oxygen atoms in total. The fourth-order valence-corrected chi connectivity index (χ4v) is 2.64. The third-order valence-corrected chi connectivity index (χ3v) is 3.85. The Morgan fingerprint density at radius 1 is 1.25 bits per heavy atom. The Bertz CT molecular complexity index is 730. The molecule has 0 saturated carbocycles. The SMILES string of the molecule is Cc1csc(C(=O)Nc2ccn(-c3ccccc3)n2)c1. The Kier molecular flexibility index (Phi) is 3.35. The molecule has 0 atom stereocenters. The number of para-hydroxylation sites is 1. The molecular formula is C15H13N3OS. The number of hydrogen-bond acceptors (Lipinski definition) is 3. The number of aromatic nitrogens is 2. The second-order valence-electron chi connectivity index (χ2n) is 4.42. The molecule has 1 amide bonds. The van der Waals surface area contributed by atoms with E-state index in [9.17, 15) is 4.79 Å². The van der Waals surface area contributed by atoms with E-state index in [0.717, 1.165) is 11.3 Å². The Morgan fingerprint density at radius 2 is 2.05 bits per heavy atom. The van der Waals surface area contributed by atoms with E-state index in [0.29, 0.717) is 10.7 Å². The number of amides is 1. The first-order chi connectivity index (χ1) is 9.72. The molecule has 0 aliphatic rings. The van der Waals surface area contributed by atoms with Crippen LogP contribution >= 0.6 is 11.3 Å². The van der Waals surface area contributed by atoms with Gasteiger partial charge in [0, 0.05) is 12.3 Å². The van der Waals surface area contributed by atoms with Crippen molar-refractivity contribution in [3.05, 3.63) is 64.5 Å². The van der Waals surface area contributed by atoms with Crippen LogP contribution in [-0.2, 0) is 0 Å². The van der Waals surface area contributed by atoms with Crippen molar-refractivity contribution in [1.29, 1.82) is 0 Å². The molecule has 3 aromatic rings. The number of carbonyl (C=O) groups is 1. The lowest BCUT2D eigenvalue weighted by Crippen LogP contribution is -2.11. The van der Waals surface area contributed by atoms with Crippen molar-refractivity contribution >= 4 is 23.1 Å². The second-order valence-corrected chi connectivity index (χ2v) is 5.33. The summed E-state index contributed by atoms with van der Waals surface area (Å²) >= 11 is 1.43. The Balaban J connectivity index is 1.76. The van der Waals surface area contributed by atoms with E-state index < -0.39 is 0 Å². The minimum absolute atomic E-state index is 0.124. The predicted octanol–water partition coefficient (Wildman–Crippen LogP) is 3.49. The van der Waals surface area contributed by atoms with Crippen LogP contribution in [0.4, 0.5) is 5.82 Å². The van der Waals surface area contributed by atoms with Crippen molar-refractivity contribution in [1.82, 2.24) is 9.78 Å². The third-order valence-electron chi connectivity index (χ3n) is 2.81. The molecule has 0 bridgehead atoms. The quantitative estimate of drug-likeness (QED) is 0.799. The average Bonchev–Trinajstić information content (AvgIpc) is 3.09. The molecule has 1 N–H and O–H groups in total. The molecule has 2 aromatic heterocycles. The van der Waals surface area contributed by atoms with Crippen molar-refractivity contribution in [2.24, 2.45) is 0 Å². The van der Waals surface area contributed by atoms with Gasteiger partial charge in [0.25, 0.3) is 5.91 Å². The molecule has 1 aromatic carbocycles. The number of nitrogens with one attached hydrogen (secondary N) is 1. The van der Waals surface area contributed by atoms with Gasteiger partial charge in [-0.25, -0.2) is 4.68 Å². The predicted molar refractivity (Wildman–Crippen MR) is 80.6 cm³/mol.